The summed E-state index contributed by atoms with van der Waals surface area (Å²) in [6, 6.07) is 8.34. The largest absolute Gasteiger partial charge is 0.393 e. The van der Waals surface area contributed by atoms with E-state index in [4.69, 9.17) is 0 Å². The number of para-hydroxylation sites is 2. The number of nitrogens with zero attached hydrogens (tertiary/aromatic N) is 4. The second-order valence-electron chi connectivity index (χ2n) is 6.78. The summed E-state index contributed by atoms with van der Waals surface area (Å²) in [4.78, 5) is 2.34. The highest BCUT2D eigenvalue weighted by Gasteiger charge is 2.19. The van der Waals surface area contributed by atoms with Gasteiger partial charge in [-0.15, -0.1) is 10.2 Å². The number of piperidine rings is 1. The highest BCUT2D eigenvalue weighted by Crippen LogP contribution is 2.28. The highest BCUT2D eigenvalue weighted by molar-refractivity contribution is 5.70. The lowest BCUT2D eigenvalue weighted by molar-refractivity contribution is 0.145. The van der Waals surface area contributed by atoms with Gasteiger partial charge in [0.15, 0.2) is 5.82 Å². The van der Waals surface area contributed by atoms with E-state index in [-0.39, 0.29) is 6.10 Å². The topological polar surface area (TPSA) is 66.2 Å². The summed E-state index contributed by atoms with van der Waals surface area (Å²) < 4.78 is 2.07. The van der Waals surface area contributed by atoms with Crippen molar-refractivity contribution in [1.29, 1.82) is 0 Å². The van der Waals surface area contributed by atoms with Crippen molar-refractivity contribution in [3.05, 3.63) is 35.9 Å². The zero-order valence-electron chi connectivity index (χ0n) is 14.7. The van der Waals surface area contributed by atoms with Crippen LogP contribution in [0.15, 0.2) is 24.3 Å². The molecule has 6 heteroatoms. The molecule has 0 spiro atoms. The number of nitrogens with one attached hydrogen (secondary N) is 1. The number of benzene rings is 1. The molecule has 0 bridgehead atoms. The summed E-state index contributed by atoms with van der Waals surface area (Å²) in [5.41, 5.74) is 2.29. The van der Waals surface area contributed by atoms with Gasteiger partial charge in [-0.25, -0.2) is 0 Å². The van der Waals surface area contributed by atoms with E-state index >= 15 is 0 Å². The van der Waals surface area contributed by atoms with Gasteiger partial charge in [-0.2, -0.15) is 0 Å². The van der Waals surface area contributed by atoms with E-state index in [0.29, 0.717) is 12.5 Å². The molecule has 0 radical (unpaired) electrons. The standard InChI is InChI=1S/C18H27N5O/c1-13(2)18-21-20-17(22(18)3)12-19-15-6-4-5-7-16(15)23-10-8-14(24)9-11-23/h4-7,13-14,19,24H,8-12H2,1-3H3. The first-order valence-corrected chi connectivity index (χ1v) is 8.70. The number of hydrogen-bond acceptors (Lipinski definition) is 5. The third-order valence-electron chi connectivity index (χ3n) is 4.66. The summed E-state index contributed by atoms with van der Waals surface area (Å²) in [5.74, 6) is 2.30. The lowest BCUT2D eigenvalue weighted by atomic mass is 10.1. The van der Waals surface area contributed by atoms with E-state index in [9.17, 15) is 5.11 Å². The SMILES string of the molecule is CC(C)c1nnc(CNc2ccccc2N2CCC(O)CC2)n1C. The van der Waals surface area contributed by atoms with Crippen molar-refractivity contribution in [2.24, 2.45) is 7.05 Å². The molecule has 130 valence electrons. The van der Waals surface area contributed by atoms with E-state index in [2.05, 4.69) is 57.0 Å². The van der Waals surface area contributed by atoms with E-state index in [1.54, 1.807) is 0 Å². The monoisotopic (exact) mass is 329 g/mol. The highest BCUT2D eigenvalue weighted by atomic mass is 16.3. The van der Waals surface area contributed by atoms with Gasteiger partial charge in [-0.3, -0.25) is 0 Å². The van der Waals surface area contributed by atoms with Gasteiger partial charge in [0, 0.05) is 26.1 Å². The lowest BCUT2D eigenvalue weighted by Crippen LogP contribution is -2.36. The van der Waals surface area contributed by atoms with Crippen LogP contribution in [0.2, 0.25) is 0 Å². The van der Waals surface area contributed by atoms with Gasteiger partial charge in [0.1, 0.15) is 5.82 Å². The van der Waals surface area contributed by atoms with Crippen LogP contribution in [-0.4, -0.2) is 39.1 Å². The minimum absolute atomic E-state index is 0.158. The van der Waals surface area contributed by atoms with Crippen molar-refractivity contribution in [2.75, 3.05) is 23.3 Å². The van der Waals surface area contributed by atoms with Crippen molar-refractivity contribution in [2.45, 2.75) is 45.3 Å². The first-order chi connectivity index (χ1) is 11.6. The maximum Gasteiger partial charge on any atom is 0.152 e. The van der Waals surface area contributed by atoms with Gasteiger partial charge in [0.05, 0.1) is 24.0 Å². The summed E-state index contributed by atoms with van der Waals surface area (Å²) in [5, 5.41) is 21.8. The minimum Gasteiger partial charge on any atom is -0.393 e. The molecule has 1 aliphatic heterocycles. The van der Waals surface area contributed by atoms with Crippen molar-refractivity contribution >= 4 is 11.4 Å². The molecule has 1 saturated heterocycles. The summed E-state index contributed by atoms with van der Waals surface area (Å²) in [6.07, 6.45) is 1.50. The molecule has 0 unspecified atom stereocenters. The molecule has 6 nitrogen and oxygen atoms in total. The quantitative estimate of drug-likeness (QED) is 0.882. The molecule has 1 aromatic carbocycles. The van der Waals surface area contributed by atoms with Gasteiger partial charge in [-0.05, 0) is 25.0 Å². The molecule has 2 N–H and O–H groups in total. The molecule has 1 aliphatic rings. The fourth-order valence-corrected chi connectivity index (χ4v) is 3.21. The molecule has 24 heavy (non-hydrogen) atoms. The molecule has 2 aromatic rings. The maximum absolute atomic E-state index is 9.71. The predicted molar refractivity (Wildman–Crippen MR) is 96.3 cm³/mol. The van der Waals surface area contributed by atoms with Crippen LogP contribution in [0.4, 0.5) is 11.4 Å². The maximum atomic E-state index is 9.71. The van der Waals surface area contributed by atoms with Gasteiger partial charge < -0.3 is 19.9 Å². The van der Waals surface area contributed by atoms with E-state index in [0.717, 1.165) is 43.3 Å². The first-order valence-electron chi connectivity index (χ1n) is 8.70. The molecule has 0 amide bonds. The second kappa shape index (κ2) is 7.21. The third-order valence-corrected chi connectivity index (χ3v) is 4.66. The molecule has 3 rings (SSSR count). The van der Waals surface area contributed by atoms with Crippen LogP contribution >= 0.6 is 0 Å². The number of aliphatic hydroxyl groups is 1. The fraction of sp³-hybridized carbons (Fsp3) is 0.556. The molecule has 2 heterocycles. The summed E-state index contributed by atoms with van der Waals surface area (Å²) >= 11 is 0. The van der Waals surface area contributed by atoms with Crippen molar-refractivity contribution < 1.29 is 5.11 Å². The predicted octanol–water partition coefficient (Wildman–Crippen LogP) is 2.51. The van der Waals surface area contributed by atoms with E-state index in [1.807, 2.05) is 13.1 Å². The number of anilines is 2. The first kappa shape index (κ1) is 16.8. The molecular weight excluding hydrogens is 302 g/mol. The van der Waals surface area contributed by atoms with Gasteiger partial charge >= 0.3 is 0 Å². The second-order valence-corrected chi connectivity index (χ2v) is 6.78. The minimum atomic E-state index is -0.158. The normalized spacial score (nSPS) is 16.0. The molecule has 1 fully saturated rings. The van der Waals surface area contributed by atoms with Gasteiger partial charge in [0.2, 0.25) is 0 Å². The van der Waals surface area contributed by atoms with Crippen LogP contribution < -0.4 is 10.2 Å². The molecular formula is C18H27N5O. The van der Waals surface area contributed by atoms with Crippen molar-refractivity contribution in [3.63, 3.8) is 0 Å². The van der Waals surface area contributed by atoms with E-state index < -0.39 is 0 Å². The average Bonchev–Trinajstić information content (AvgIpc) is 2.95. The smallest absolute Gasteiger partial charge is 0.152 e. The fourth-order valence-electron chi connectivity index (χ4n) is 3.21. The summed E-state index contributed by atoms with van der Waals surface area (Å²) in [6.45, 7) is 6.68. The Morgan fingerprint density at radius 2 is 1.92 bits per heavy atom. The van der Waals surface area contributed by atoms with Crippen LogP contribution in [0, 0.1) is 0 Å². The van der Waals surface area contributed by atoms with Crippen LogP contribution in [0.1, 0.15) is 44.3 Å². The van der Waals surface area contributed by atoms with Crippen LogP contribution in [0.3, 0.4) is 0 Å². The third kappa shape index (κ3) is 3.53. The Balaban J connectivity index is 1.72. The summed E-state index contributed by atoms with van der Waals surface area (Å²) in [7, 11) is 2.02. The number of aromatic nitrogens is 3. The van der Waals surface area contributed by atoms with Crippen molar-refractivity contribution in [3.8, 4) is 0 Å². The lowest BCUT2D eigenvalue weighted by Gasteiger charge is -2.33. The van der Waals surface area contributed by atoms with Gasteiger partial charge in [-0.1, -0.05) is 26.0 Å². The zero-order valence-corrected chi connectivity index (χ0v) is 14.7. The molecule has 0 saturated carbocycles. The molecule has 1 aromatic heterocycles. The number of hydrogen-bond donors (Lipinski definition) is 2. The van der Waals surface area contributed by atoms with Crippen molar-refractivity contribution in [1.82, 2.24) is 14.8 Å². The Labute approximate surface area is 143 Å². The Hall–Kier alpha value is -2.08. The van der Waals surface area contributed by atoms with Gasteiger partial charge in [0.25, 0.3) is 0 Å². The average molecular weight is 329 g/mol. The Morgan fingerprint density at radius 3 is 2.58 bits per heavy atom. The zero-order chi connectivity index (χ0) is 17.1. The Kier molecular flexibility index (Phi) is 5.04. The molecule has 0 aliphatic carbocycles. The van der Waals surface area contributed by atoms with E-state index in [1.165, 1.54) is 5.69 Å². The molecule has 0 atom stereocenters. The van der Waals surface area contributed by atoms with Crippen LogP contribution in [0.5, 0.6) is 0 Å². The number of rotatable bonds is 5. The number of aliphatic hydroxyl groups excluding tert-OH is 1. The van der Waals surface area contributed by atoms with Crippen LogP contribution in [0.25, 0.3) is 0 Å². The Morgan fingerprint density at radius 1 is 1.21 bits per heavy atom. The Bertz CT molecular complexity index is 674. The van der Waals surface area contributed by atoms with Crippen LogP contribution in [-0.2, 0) is 13.6 Å².